The van der Waals surface area contributed by atoms with Gasteiger partial charge in [-0.25, -0.2) is 0 Å². The highest BCUT2D eigenvalue weighted by Crippen LogP contribution is 2.20. The Morgan fingerprint density at radius 2 is 1.89 bits per heavy atom. The number of halogens is 2. The summed E-state index contributed by atoms with van der Waals surface area (Å²) in [7, 11) is 0. The fourth-order valence-electron chi connectivity index (χ4n) is 2.32. The first-order valence-corrected chi connectivity index (χ1v) is 7.38. The summed E-state index contributed by atoms with van der Waals surface area (Å²) >= 11 is 12.1. The van der Waals surface area contributed by atoms with E-state index in [1.54, 1.807) is 0 Å². The van der Waals surface area contributed by atoms with E-state index in [0.29, 0.717) is 0 Å². The van der Waals surface area contributed by atoms with Gasteiger partial charge in [-0.2, -0.15) is 0 Å². The van der Waals surface area contributed by atoms with Crippen LogP contribution in [0.4, 0.5) is 0 Å². The van der Waals surface area contributed by atoms with Crippen molar-refractivity contribution in [3.8, 4) is 0 Å². The maximum atomic E-state index is 6.11. The number of rotatable bonds is 5. The third kappa shape index (κ3) is 4.43. The van der Waals surface area contributed by atoms with Gasteiger partial charge in [0.25, 0.3) is 0 Å². The lowest BCUT2D eigenvalue weighted by atomic mass is 10.1. The van der Waals surface area contributed by atoms with Crippen LogP contribution in [0.3, 0.4) is 0 Å². The first-order chi connectivity index (χ1) is 8.75. The van der Waals surface area contributed by atoms with Crippen LogP contribution in [0.5, 0.6) is 0 Å². The number of benzene rings is 1. The van der Waals surface area contributed by atoms with Crippen LogP contribution in [0.2, 0.25) is 10.0 Å². The molecule has 0 bridgehead atoms. The zero-order valence-electron chi connectivity index (χ0n) is 10.6. The van der Waals surface area contributed by atoms with Gasteiger partial charge in [0, 0.05) is 29.7 Å². The third-order valence-electron chi connectivity index (χ3n) is 3.38. The van der Waals surface area contributed by atoms with E-state index in [2.05, 4.69) is 10.2 Å². The van der Waals surface area contributed by atoms with Crippen LogP contribution in [0.25, 0.3) is 0 Å². The van der Waals surface area contributed by atoms with Gasteiger partial charge < -0.3 is 10.2 Å². The Kier molecular flexibility index (Phi) is 5.77. The van der Waals surface area contributed by atoms with Gasteiger partial charge in [-0.3, -0.25) is 0 Å². The number of likely N-dealkylation sites (tertiary alicyclic amines) is 1. The quantitative estimate of drug-likeness (QED) is 0.833. The average Bonchev–Trinajstić information content (AvgIpc) is 2.40. The van der Waals surface area contributed by atoms with Gasteiger partial charge in [0.1, 0.15) is 0 Å². The van der Waals surface area contributed by atoms with Gasteiger partial charge in [0.05, 0.1) is 0 Å². The van der Waals surface area contributed by atoms with Crippen LogP contribution in [0, 0.1) is 0 Å². The van der Waals surface area contributed by atoms with Crippen LogP contribution < -0.4 is 5.32 Å². The predicted molar refractivity (Wildman–Crippen MR) is 78.5 cm³/mol. The van der Waals surface area contributed by atoms with Gasteiger partial charge in [0.2, 0.25) is 0 Å². The lowest BCUT2D eigenvalue weighted by molar-refractivity contribution is 0.229. The Balaban J connectivity index is 1.69. The Morgan fingerprint density at radius 1 is 1.11 bits per heavy atom. The van der Waals surface area contributed by atoms with Crippen LogP contribution in [0.15, 0.2) is 18.2 Å². The van der Waals surface area contributed by atoms with Crippen molar-refractivity contribution >= 4 is 23.2 Å². The first kappa shape index (κ1) is 14.1. The molecular formula is C14H20Cl2N2. The first-order valence-electron chi connectivity index (χ1n) is 6.63. The van der Waals surface area contributed by atoms with E-state index in [-0.39, 0.29) is 0 Å². The molecule has 1 aromatic carbocycles. The van der Waals surface area contributed by atoms with Crippen LogP contribution >= 0.6 is 23.2 Å². The third-order valence-corrected chi connectivity index (χ3v) is 3.98. The Bertz CT molecular complexity index is 376. The molecule has 1 aliphatic rings. The van der Waals surface area contributed by atoms with Crippen molar-refractivity contribution in [3.05, 3.63) is 33.8 Å². The Morgan fingerprint density at radius 3 is 2.67 bits per heavy atom. The second-order valence-corrected chi connectivity index (χ2v) is 5.66. The molecule has 2 rings (SSSR count). The van der Waals surface area contributed by atoms with E-state index in [0.717, 1.165) is 35.2 Å². The molecule has 1 aromatic rings. The summed E-state index contributed by atoms with van der Waals surface area (Å²) in [5, 5.41) is 4.96. The zero-order chi connectivity index (χ0) is 12.8. The van der Waals surface area contributed by atoms with Gasteiger partial charge in [0.15, 0.2) is 0 Å². The standard InChI is InChI=1S/C14H20Cl2N2/c15-13-4-5-14(16)12(10-13)11-17-6-9-18-7-2-1-3-8-18/h4-5,10,17H,1-3,6-9,11H2. The number of nitrogens with zero attached hydrogens (tertiary/aromatic N) is 1. The van der Waals surface area contributed by atoms with Crippen LogP contribution in [-0.2, 0) is 6.54 Å². The van der Waals surface area contributed by atoms with Crippen molar-refractivity contribution in [3.63, 3.8) is 0 Å². The molecule has 0 atom stereocenters. The minimum absolute atomic E-state index is 0.743. The molecule has 0 saturated carbocycles. The molecule has 2 nitrogen and oxygen atoms in total. The van der Waals surface area contributed by atoms with Crippen molar-refractivity contribution in [2.75, 3.05) is 26.2 Å². The van der Waals surface area contributed by atoms with Crippen molar-refractivity contribution in [2.45, 2.75) is 25.8 Å². The lowest BCUT2D eigenvalue weighted by Crippen LogP contribution is -2.35. The Hall–Kier alpha value is -0.280. The van der Waals surface area contributed by atoms with E-state index in [1.807, 2.05) is 18.2 Å². The van der Waals surface area contributed by atoms with Gasteiger partial charge >= 0.3 is 0 Å². The second kappa shape index (κ2) is 7.34. The predicted octanol–water partition coefficient (Wildman–Crippen LogP) is 3.57. The molecular weight excluding hydrogens is 267 g/mol. The fraction of sp³-hybridized carbons (Fsp3) is 0.571. The topological polar surface area (TPSA) is 15.3 Å². The summed E-state index contributed by atoms with van der Waals surface area (Å²) in [6.45, 7) is 5.41. The minimum atomic E-state index is 0.743. The normalized spacial score (nSPS) is 17.0. The molecule has 4 heteroatoms. The number of piperidine rings is 1. The highest BCUT2D eigenvalue weighted by atomic mass is 35.5. The van der Waals surface area contributed by atoms with Crippen LogP contribution in [0.1, 0.15) is 24.8 Å². The average molecular weight is 287 g/mol. The molecule has 1 aliphatic heterocycles. The smallest absolute Gasteiger partial charge is 0.0451 e. The van der Waals surface area contributed by atoms with E-state index in [9.17, 15) is 0 Å². The molecule has 0 unspecified atom stereocenters. The minimum Gasteiger partial charge on any atom is -0.311 e. The largest absolute Gasteiger partial charge is 0.311 e. The molecule has 1 fully saturated rings. The molecule has 0 aliphatic carbocycles. The molecule has 1 heterocycles. The fourth-order valence-corrected chi connectivity index (χ4v) is 2.70. The highest BCUT2D eigenvalue weighted by molar-refractivity contribution is 6.33. The maximum Gasteiger partial charge on any atom is 0.0451 e. The van der Waals surface area contributed by atoms with Crippen molar-refractivity contribution in [2.24, 2.45) is 0 Å². The SMILES string of the molecule is Clc1ccc(Cl)c(CNCCN2CCCCC2)c1. The second-order valence-electron chi connectivity index (χ2n) is 4.81. The van der Waals surface area contributed by atoms with Crippen molar-refractivity contribution in [1.82, 2.24) is 10.2 Å². The summed E-state index contributed by atoms with van der Waals surface area (Å²) < 4.78 is 0. The van der Waals surface area contributed by atoms with Crippen molar-refractivity contribution in [1.29, 1.82) is 0 Å². The molecule has 0 radical (unpaired) electrons. The lowest BCUT2D eigenvalue weighted by Gasteiger charge is -2.26. The zero-order valence-corrected chi connectivity index (χ0v) is 12.1. The monoisotopic (exact) mass is 286 g/mol. The molecule has 18 heavy (non-hydrogen) atoms. The summed E-state index contributed by atoms with van der Waals surface area (Å²) in [5.41, 5.74) is 1.07. The number of hydrogen-bond acceptors (Lipinski definition) is 2. The number of hydrogen-bond donors (Lipinski definition) is 1. The van der Waals surface area contributed by atoms with Gasteiger partial charge in [-0.15, -0.1) is 0 Å². The van der Waals surface area contributed by atoms with Crippen molar-refractivity contribution < 1.29 is 0 Å². The summed E-state index contributed by atoms with van der Waals surface area (Å²) in [5.74, 6) is 0. The van der Waals surface area contributed by atoms with E-state index in [1.165, 1.54) is 32.4 Å². The molecule has 1 saturated heterocycles. The van der Waals surface area contributed by atoms with E-state index >= 15 is 0 Å². The summed E-state index contributed by atoms with van der Waals surface area (Å²) in [6, 6.07) is 5.60. The van der Waals surface area contributed by atoms with Crippen LogP contribution in [-0.4, -0.2) is 31.1 Å². The Labute approximate surface area is 119 Å². The van der Waals surface area contributed by atoms with E-state index in [4.69, 9.17) is 23.2 Å². The molecule has 100 valence electrons. The summed E-state index contributed by atoms with van der Waals surface area (Å²) in [4.78, 5) is 2.52. The molecule has 0 aromatic heterocycles. The highest BCUT2D eigenvalue weighted by Gasteiger charge is 2.09. The van der Waals surface area contributed by atoms with E-state index < -0.39 is 0 Å². The summed E-state index contributed by atoms with van der Waals surface area (Å²) in [6.07, 6.45) is 4.09. The maximum absolute atomic E-state index is 6.11. The van der Waals surface area contributed by atoms with Gasteiger partial charge in [-0.1, -0.05) is 29.6 Å². The molecule has 0 spiro atoms. The molecule has 1 N–H and O–H groups in total. The molecule has 0 amide bonds. The van der Waals surface area contributed by atoms with Gasteiger partial charge in [-0.05, 0) is 49.7 Å². The number of nitrogens with one attached hydrogen (secondary N) is 1.